The predicted molar refractivity (Wildman–Crippen MR) is 89.5 cm³/mol. The number of halogens is 1. The molecule has 0 fully saturated rings. The summed E-state index contributed by atoms with van der Waals surface area (Å²) in [5.41, 5.74) is 2.11. The smallest absolute Gasteiger partial charge is 0.113 e. The molecule has 0 saturated carbocycles. The first-order valence-electron chi connectivity index (χ1n) is 6.49. The molecule has 1 atom stereocenters. The summed E-state index contributed by atoms with van der Waals surface area (Å²) in [6, 6.07) is 14.5. The number of rotatable bonds is 2. The third kappa shape index (κ3) is 2.53. The van der Waals surface area contributed by atoms with Crippen LogP contribution in [-0.2, 0) is 0 Å². The molecule has 0 aliphatic heterocycles. The van der Waals surface area contributed by atoms with E-state index >= 15 is 0 Å². The summed E-state index contributed by atoms with van der Waals surface area (Å²) in [7, 11) is 0. The van der Waals surface area contributed by atoms with Crippen molar-refractivity contribution in [3.8, 4) is 0 Å². The van der Waals surface area contributed by atoms with Crippen molar-refractivity contribution in [3.05, 3.63) is 67.8 Å². The molecule has 1 aromatic heterocycles. The maximum absolute atomic E-state index is 10.6. The molecule has 1 N–H and O–H groups in total. The summed E-state index contributed by atoms with van der Waals surface area (Å²) in [4.78, 5) is 2.28. The standard InChI is InChI=1S/C17H15BrOS/c1-10-7-11(2)20-17(10)16(19)14-4-3-13-9-15(18)6-5-12(13)8-14/h3-9,16,19H,1-2H3. The number of benzene rings is 2. The molecule has 3 rings (SSSR count). The van der Waals surface area contributed by atoms with E-state index in [1.807, 2.05) is 12.1 Å². The van der Waals surface area contributed by atoms with Crippen LogP contribution in [0, 0.1) is 13.8 Å². The molecule has 1 unspecified atom stereocenters. The fourth-order valence-electron chi connectivity index (χ4n) is 2.49. The van der Waals surface area contributed by atoms with Crippen LogP contribution in [0.5, 0.6) is 0 Å². The van der Waals surface area contributed by atoms with Gasteiger partial charge in [0.1, 0.15) is 6.10 Å². The Hall–Kier alpha value is -1.16. The zero-order chi connectivity index (χ0) is 14.3. The van der Waals surface area contributed by atoms with Crippen molar-refractivity contribution in [3.63, 3.8) is 0 Å². The second-order valence-electron chi connectivity index (χ2n) is 5.06. The van der Waals surface area contributed by atoms with Gasteiger partial charge in [-0.2, -0.15) is 0 Å². The van der Waals surface area contributed by atoms with Crippen molar-refractivity contribution in [1.82, 2.24) is 0 Å². The van der Waals surface area contributed by atoms with Crippen LogP contribution in [-0.4, -0.2) is 5.11 Å². The molecule has 0 radical (unpaired) electrons. The molecule has 1 nitrogen and oxygen atoms in total. The third-order valence-corrected chi connectivity index (χ3v) is 5.17. The van der Waals surface area contributed by atoms with Crippen molar-refractivity contribution >= 4 is 38.0 Å². The minimum Gasteiger partial charge on any atom is -0.383 e. The summed E-state index contributed by atoms with van der Waals surface area (Å²) in [5.74, 6) is 0. The van der Waals surface area contributed by atoms with Crippen LogP contribution in [0.3, 0.4) is 0 Å². The van der Waals surface area contributed by atoms with Gasteiger partial charge in [0, 0.05) is 14.2 Å². The molecule has 0 aliphatic carbocycles. The molecular formula is C17H15BrOS. The topological polar surface area (TPSA) is 20.2 Å². The molecule has 0 spiro atoms. The number of aryl methyl sites for hydroxylation is 2. The normalized spacial score (nSPS) is 12.8. The lowest BCUT2D eigenvalue weighted by Crippen LogP contribution is -1.98. The Bertz CT molecular complexity index is 776. The van der Waals surface area contributed by atoms with Crippen LogP contribution >= 0.6 is 27.3 Å². The molecular weight excluding hydrogens is 332 g/mol. The van der Waals surface area contributed by atoms with Crippen LogP contribution in [0.2, 0.25) is 0 Å². The van der Waals surface area contributed by atoms with Gasteiger partial charge in [0.05, 0.1) is 0 Å². The Morgan fingerprint density at radius 1 is 1.00 bits per heavy atom. The Balaban J connectivity index is 2.05. The Labute approximate surface area is 131 Å². The quantitative estimate of drug-likeness (QED) is 0.661. The van der Waals surface area contributed by atoms with Crippen LogP contribution in [0.1, 0.15) is 27.0 Å². The first-order valence-corrected chi connectivity index (χ1v) is 8.10. The fraction of sp³-hybridized carbons (Fsp3) is 0.176. The van der Waals surface area contributed by atoms with Gasteiger partial charge in [0.15, 0.2) is 0 Å². The lowest BCUT2D eigenvalue weighted by molar-refractivity contribution is 0.223. The molecule has 2 aromatic carbocycles. The highest BCUT2D eigenvalue weighted by Crippen LogP contribution is 2.33. The molecule has 102 valence electrons. The molecule has 3 heteroatoms. The van der Waals surface area contributed by atoms with Gasteiger partial charge < -0.3 is 5.11 Å². The van der Waals surface area contributed by atoms with E-state index in [4.69, 9.17) is 0 Å². The highest BCUT2D eigenvalue weighted by Gasteiger charge is 2.15. The monoisotopic (exact) mass is 346 g/mol. The largest absolute Gasteiger partial charge is 0.383 e. The SMILES string of the molecule is Cc1cc(C)c(C(O)c2ccc3cc(Br)ccc3c2)s1. The Morgan fingerprint density at radius 3 is 2.40 bits per heavy atom. The number of hydrogen-bond donors (Lipinski definition) is 1. The maximum Gasteiger partial charge on any atom is 0.113 e. The average Bonchev–Trinajstić information content (AvgIpc) is 2.76. The highest BCUT2D eigenvalue weighted by atomic mass is 79.9. The highest BCUT2D eigenvalue weighted by molar-refractivity contribution is 9.10. The number of fused-ring (bicyclic) bond motifs is 1. The van der Waals surface area contributed by atoms with Gasteiger partial charge in [-0.3, -0.25) is 0 Å². The van der Waals surface area contributed by atoms with E-state index < -0.39 is 6.10 Å². The molecule has 20 heavy (non-hydrogen) atoms. The molecule has 0 bridgehead atoms. The van der Waals surface area contributed by atoms with Crippen molar-refractivity contribution in [1.29, 1.82) is 0 Å². The first kappa shape index (κ1) is 13.8. The van der Waals surface area contributed by atoms with Crippen molar-refractivity contribution in [2.75, 3.05) is 0 Å². The van der Waals surface area contributed by atoms with Gasteiger partial charge in [-0.05, 0) is 60.0 Å². The summed E-state index contributed by atoms with van der Waals surface area (Å²) in [5, 5.41) is 12.9. The van der Waals surface area contributed by atoms with Crippen molar-refractivity contribution < 1.29 is 5.11 Å². The van der Waals surface area contributed by atoms with E-state index in [2.05, 4.69) is 60.1 Å². The molecule has 0 saturated heterocycles. The maximum atomic E-state index is 10.6. The zero-order valence-electron chi connectivity index (χ0n) is 11.4. The van der Waals surface area contributed by atoms with Gasteiger partial charge in [0.25, 0.3) is 0 Å². The van der Waals surface area contributed by atoms with Crippen LogP contribution in [0.25, 0.3) is 10.8 Å². The van der Waals surface area contributed by atoms with Gasteiger partial charge >= 0.3 is 0 Å². The van der Waals surface area contributed by atoms with E-state index in [1.165, 1.54) is 10.3 Å². The summed E-state index contributed by atoms with van der Waals surface area (Å²) in [6.45, 7) is 4.13. The van der Waals surface area contributed by atoms with Crippen molar-refractivity contribution in [2.45, 2.75) is 20.0 Å². The van der Waals surface area contributed by atoms with Gasteiger partial charge in [-0.25, -0.2) is 0 Å². The van der Waals surface area contributed by atoms with Crippen LogP contribution in [0.15, 0.2) is 46.9 Å². The minimum atomic E-state index is -0.540. The van der Waals surface area contributed by atoms with Gasteiger partial charge in [0.2, 0.25) is 0 Å². The zero-order valence-corrected chi connectivity index (χ0v) is 13.8. The number of aliphatic hydroxyl groups is 1. The van der Waals surface area contributed by atoms with Crippen LogP contribution in [0.4, 0.5) is 0 Å². The Kier molecular flexibility index (Phi) is 3.67. The third-order valence-electron chi connectivity index (χ3n) is 3.47. The predicted octanol–water partition coefficient (Wildman–Crippen LogP) is 5.36. The van der Waals surface area contributed by atoms with Crippen LogP contribution < -0.4 is 0 Å². The molecule has 3 aromatic rings. The first-order chi connectivity index (χ1) is 9.54. The molecule has 0 aliphatic rings. The number of hydrogen-bond acceptors (Lipinski definition) is 2. The number of thiophene rings is 1. The average molecular weight is 347 g/mol. The second kappa shape index (κ2) is 5.32. The van der Waals surface area contributed by atoms with E-state index in [1.54, 1.807) is 11.3 Å². The fourth-order valence-corrected chi connectivity index (χ4v) is 3.92. The molecule has 0 amide bonds. The lowest BCUT2D eigenvalue weighted by Gasteiger charge is -2.11. The second-order valence-corrected chi connectivity index (χ2v) is 7.26. The molecule has 1 heterocycles. The number of aliphatic hydroxyl groups excluding tert-OH is 1. The van der Waals surface area contributed by atoms with Crippen molar-refractivity contribution in [2.24, 2.45) is 0 Å². The summed E-state index contributed by atoms with van der Waals surface area (Å²) < 4.78 is 1.07. The van der Waals surface area contributed by atoms with E-state index in [-0.39, 0.29) is 0 Å². The van der Waals surface area contributed by atoms with Gasteiger partial charge in [-0.1, -0.05) is 34.1 Å². The van der Waals surface area contributed by atoms with Gasteiger partial charge in [-0.15, -0.1) is 11.3 Å². The summed E-state index contributed by atoms with van der Waals surface area (Å²) in [6.07, 6.45) is -0.540. The lowest BCUT2D eigenvalue weighted by atomic mass is 10.0. The Morgan fingerprint density at radius 2 is 1.70 bits per heavy atom. The minimum absolute atomic E-state index is 0.540. The summed E-state index contributed by atoms with van der Waals surface area (Å²) >= 11 is 5.15. The van der Waals surface area contributed by atoms with E-state index in [9.17, 15) is 5.11 Å². The van der Waals surface area contributed by atoms with E-state index in [0.29, 0.717) is 0 Å². The van der Waals surface area contributed by atoms with E-state index in [0.717, 1.165) is 25.9 Å².